The molecule has 7 nitrogen and oxygen atoms in total. The van der Waals surface area contributed by atoms with Crippen LogP contribution in [0.15, 0.2) is 18.3 Å². The summed E-state index contributed by atoms with van der Waals surface area (Å²) in [5.41, 5.74) is 2.01. The van der Waals surface area contributed by atoms with E-state index in [1.807, 2.05) is 16.8 Å². The molecule has 0 amide bonds. The van der Waals surface area contributed by atoms with Crippen molar-refractivity contribution >= 4 is 21.4 Å². The smallest absolute Gasteiger partial charge is 0.213 e. The number of rotatable bonds is 4. The van der Waals surface area contributed by atoms with E-state index < -0.39 is 10.0 Å². The van der Waals surface area contributed by atoms with Gasteiger partial charge in [-0.15, -0.1) is 0 Å². The first-order valence-corrected chi connectivity index (χ1v) is 10.8. The molecule has 1 atom stereocenters. The Morgan fingerprint density at radius 3 is 2.72 bits per heavy atom. The van der Waals surface area contributed by atoms with Crippen molar-refractivity contribution in [1.82, 2.24) is 18.9 Å². The topological polar surface area (TPSA) is 70.8 Å². The quantitative estimate of drug-likeness (QED) is 0.829. The van der Waals surface area contributed by atoms with Crippen LogP contribution in [-0.4, -0.2) is 59.3 Å². The van der Waals surface area contributed by atoms with Gasteiger partial charge < -0.3 is 4.90 Å². The van der Waals surface area contributed by atoms with E-state index in [4.69, 9.17) is 0 Å². The van der Waals surface area contributed by atoms with E-state index in [0.29, 0.717) is 13.1 Å². The van der Waals surface area contributed by atoms with E-state index >= 15 is 0 Å². The Labute approximate surface area is 148 Å². The van der Waals surface area contributed by atoms with Crippen molar-refractivity contribution in [2.45, 2.75) is 38.5 Å². The highest BCUT2D eigenvalue weighted by atomic mass is 32.2. The molecule has 0 aliphatic carbocycles. The first-order chi connectivity index (χ1) is 12.1. The second kappa shape index (κ2) is 6.57. The Hall–Kier alpha value is -1.67. The second-order valence-corrected chi connectivity index (χ2v) is 9.21. The van der Waals surface area contributed by atoms with Gasteiger partial charge in [-0.2, -0.15) is 5.10 Å². The van der Waals surface area contributed by atoms with Crippen molar-refractivity contribution < 1.29 is 8.42 Å². The monoisotopic (exact) mass is 363 g/mol. The molecule has 0 unspecified atom stereocenters. The Morgan fingerprint density at radius 1 is 1.16 bits per heavy atom. The van der Waals surface area contributed by atoms with E-state index in [1.165, 1.54) is 18.5 Å². The van der Waals surface area contributed by atoms with E-state index in [1.54, 1.807) is 11.2 Å². The average molecular weight is 363 g/mol. The number of sulfonamides is 1. The minimum atomic E-state index is -3.15. The summed E-state index contributed by atoms with van der Waals surface area (Å²) in [5.74, 6) is 0.983. The Kier molecular flexibility index (Phi) is 4.41. The maximum Gasteiger partial charge on any atom is 0.213 e. The van der Waals surface area contributed by atoms with Crippen LogP contribution in [0, 0.1) is 0 Å². The molecule has 4 heterocycles. The lowest BCUT2D eigenvalue weighted by Gasteiger charge is -2.30. The molecule has 0 saturated carbocycles. The highest BCUT2D eigenvalue weighted by molar-refractivity contribution is 7.89. The summed E-state index contributed by atoms with van der Waals surface area (Å²) in [4.78, 5) is 7.03. The molecule has 0 aromatic carbocycles. The fraction of sp³-hybridized carbons (Fsp3) is 0.647. The molecule has 2 saturated heterocycles. The predicted octanol–water partition coefficient (Wildman–Crippen LogP) is 1.86. The number of nitrogens with zero attached hydrogens (tertiary/aromatic N) is 5. The zero-order chi connectivity index (χ0) is 17.4. The van der Waals surface area contributed by atoms with Crippen molar-refractivity contribution in [3.05, 3.63) is 24.2 Å². The van der Waals surface area contributed by atoms with Crippen molar-refractivity contribution in [1.29, 1.82) is 0 Å². The van der Waals surface area contributed by atoms with Crippen LogP contribution in [0.2, 0.25) is 0 Å². The molecule has 2 fully saturated rings. The Bertz CT molecular complexity index is 857. The molecule has 0 radical (unpaired) electrons. The molecule has 2 aromatic heterocycles. The summed E-state index contributed by atoms with van der Waals surface area (Å²) < 4.78 is 27.8. The molecule has 4 rings (SSSR count). The largest absolute Gasteiger partial charge is 0.370 e. The van der Waals surface area contributed by atoms with Crippen molar-refractivity contribution in [2.75, 3.05) is 36.8 Å². The van der Waals surface area contributed by atoms with E-state index in [9.17, 15) is 8.42 Å². The number of aromatic nitrogens is 3. The summed E-state index contributed by atoms with van der Waals surface area (Å²) in [6.07, 6.45) is 6.32. The minimum Gasteiger partial charge on any atom is -0.370 e. The summed E-state index contributed by atoms with van der Waals surface area (Å²) in [7, 11) is -3.15. The third kappa shape index (κ3) is 3.25. The lowest BCUT2D eigenvalue weighted by atomic mass is 9.99. The minimum absolute atomic E-state index is 0.0743. The van der Waals surface area contributed by atoms with Gasteiger partial charge >= 0.3 is 0 Å². The van der Waals surface area contributed by atoms with Crippen LogP contribution in [-0.2, 0) is 10.0 Å². The fourth-order valence-electron chi connectivity index (χ4n) is 3.81. The molecule has 0 spiro atoms. The molecule has 2 aliphatic heterocycles. The lowest BCUT2D eigenvalue weighted by Crippen LogP contribution is -2.40. The summed E-state index contributed by atoms with van der Waals surface area (Å²) >= 11 is 0. The first-order valence-electron chi connectivity index (χ1n) is 9.16. The summed E-state index contributed by atoms with van der Waals surface area (Å²) in [6.45, 7) is 4.99. The maximum absolute atomic E-state index is 12.2. The molecule has 2 aromatic rings. The van der Waals surface area contributed by atoms with E-state index in [2.05, 4.69) is 21.0 Å². The highest BCUT2D eigenvalue weighted by Gasteiger charge is 2.30. The van der Waals surface area contributed by atoms with Gasteiger partial charge in [-0.1, -0.05) is 0 Å². The van der Waals surface area contributed by atoms with E-state index in [-0.39, 0.29) is 11.7 Å². The molecule has 25 heavy (non-hydrogen) atoms. The van der Waals surface area contributed by atoms with Crippen LogP contribution in [0.3, 0.4) is 0 Å². The van der Waals surface area contributed by atoms with Crippen molar-refractivity contribution in [3.8, 4) is 0 Å². The van der Waals surface area contributed by atoms with E-state index in [0.717, 1.165) is 37.4 Å². The van der Waals surface area contributed by atoms with Gasteiger partial charge in [-0.25, -0.2) is 22.2 Å². The van der Waals surface area contributed by atoms with Crippen molar-refractivity contribution in [2.24, 2.45) is 0 Å². The van der Waals surface area contributed by atoms with Crippen LogP contribution in [0.5, 0.6) is 0 Å². The van der Waals surface area contributed by atoms with Gasteiger partial charge in [0.25, 0.3) is 0 Å². The maximum atomic E-state index is 12.2. The molecule has 8 heteroatoms. The van der Waals surface area contributed by atoms with Gasteiger partial charge in [0.2, 0.25) is 10.0 Å². The number of pyridine rings is 1. The number of hydrogen-bond acceptors (Lipinski definition) is 5. The van der Waals surface area contributed by atoms with Gasteiger partial charge in [-0.05, 0) is 44.7 Å². The third-order valence-corrected chi connectivity index (χ3v) is 7.16. The zero-order valence-electron chi connectivity index (χ0n) is 14.6. The fourth-order valence-corrected chi connectivity index (χ4v) is 4.99. The Morgan fingerprint density at radius 2 is 1.96 bits per heavy atom. The molecule has 0 bridgehead atoms. The first kappa shape index (κ1) is 16.8. The van der Waals surface area contributed by atoms with Crippen LogP contribution < -0.4 is 4.90 Å². The number of piperidine rings is 1. The Balaban J connectivity index is 1.58. The van der Waals surface area contributed by atoms with Crippen LogP contribution in [0.25, 0.3) is 5.65 Å². The molecule has 136 valence electrons. The zero-order valence-corrected chi connectivity index (χ0v) is 15.5. The molecular weight excluding hydrogens is 338 g/mol. The van der Waals surface area contributed by atoms with Crippen LogP contribution in [0.4, 0.5) is 5.69 Å². The summed E-state index contributed by atoms with van der Waals surface area (Å²) in [6, 6.07) is 4.11. The van der Waals surface area contributed by atoms with Crippen LogP contribution >= 0.6 is 0 Å². The highest BCUT2D eigenvalue weighted by Crippen LogP contribution is 2.27. The van der Waals surface area contributed by atoms with Gasteiger partial charge in [0, 0.05) is 32.1 Å². The average Bonchev–Trinajstić information content (AvgIpc) is 3.30. The molecule has 2 aliphatic rings. The van der Waals surface area contributed by atoms with Gasteiger partial charge in [0.15, 0.2) is 11.5 Å². The normalized spacial score (nSPS) is 22.8. The van der Waals surface area contributed by atoms with Crippen LogP contribution in [0.1, 0.15) is 44.3 Å². The summed E-state index contributed by atoms with van der Waals surface area (Å²) in [5, 5.41) is 4.67. The number of fused-ring (bicyclic) bond motifs is 1. The van der Waals surface area contributed by atoms with Crippen molar-refractivity contribution in [3.63, 3.8) is 0 Å². The molecular formula is C17H25N5O2S. The number of hydrogen-bond donors (Lipinski definition) is 0. The third-order valence-electron chi connectivity index (χ3n) is 5.31. The molecule has 0 N–H and O–H groups in total. The van der Waals surface area contributed by atoms with Gasteiger partial charge in [0.1, 0.15) is 0 Å². The number of anilines is 1. The SMILES string of the molecule is CCS(=O)(=O)N1CCC[C@@H](c2nc3ccc(N4CCCC4)cn3n2)C1. The van der Waals surface area contributed by atoms with Gasteiger partial charge in [-0.3, -0.25) is 0 Å². The second-order valence-electron chi connectivity index (χ2n) is 6.95. The van der Waals surface area contributed by atoms with Gasteiger partial charge in [0.05, 0.1) is 17.6 Å². The predicted molar refractivity (Wildman–Crippen MR) is 97.4 cm³/mol. The lowest BCUT2D eigenvalue weighted by molar-refractivity contribution is 0.309. The standard InChI is InChI=1S/C17H25N5O2S/c1-2-25(23,24)21-11-5-6-14(12-21)17-18-16-8-7-15(13-22(16)19-17)20-9-3-4-10-20/h7-8,13-14H,2-6,9-12H2,1H3/t14-/m1/s1.